The molecule has 10 heteroatoms. The second-order valence-electron chi connectivity index (χ2n) is 5.77. The lowest BCUT2D eigenvalue weighted by atomic mass is 10.2. The molecule has 2 rings (SSSR count). The van der Waals surface area contributed by atoms with Gasteiger partial charge >= 0.3 is 12.0 Å². The van der Waals surface area contributed by atoms with Gasteiger partial charge in [-0.05, 0) is 18.2 Å². The SMILES string of the molecule is N=C(N)N1CCN(C(=O)Nc2cccc(C(=O)NCCC(=O)O)c2)CC1. The first-order valence-electron chi connectivity index (χ1n) is 8.12. The van der Waals surface area contributed by atoms with E-state index in [1.165, 1.54) is 6.07 Å². The summed E-state index contributed by atoms with van der Waals surface area (Å²) < 4.78 is 0. The van der Waals surface area contributed by atoms with Gasteiger partial charge in [-0.1, -0.05) is 6.07 Å². The van der Waals surface area contributed by atoms with Crippen molar-refractivity contribution in [3.63, 3.8) is 0 Å². The number of hydrogen-bond acceptors (Lipinski definition) is 4. The van der Waals surface area contributed by atoms with Crippen molar-refractivity contribution in [3.05, 3.63) is 29.8 Å². The molecule has 1 heterocycles. The number of carboxylic acids is 1. The Labute approximate surface area is 150 Å². The maximum absolute atomic E-state index is 12.3. The topological polar surface area (TPSA) is 152 Å². The summed E-state index contributed by atoms with van der Waals surface area (Å²) in [7, 11) is 0. The molecular weight excluding hydrogens is 340 g/mol. The minimum absolute atomic E-state index is 0.00771. The second kappa shape index (κ2) is 8.70. The number of benzene rings is 1. The molecule has 1 aliphatic heterocycles. The quantitative estimate of drug-likeness (QED) is 0.365. The van der Waals surface area contributed by atoms with Gasteiger partial charge in [0, 0.05) is 44.0 Å². The smallest absolute Gasteiger partial charge is 0.321 e. The minimum Gasteiger partial charge on any atom is -0.481 e. The lowest BCUT2D eigenvalue weighted by Gasteiger charge is -2.34. The summed E-state index contributed by atoms with van der Waals surface area (Å²) in [5.41, 5.74) is 6.22. The number of hydrogen-bond donors (Lipinski definition) is 5. The van der Waals surface area contributed by atoms with Crippen molar-refractivity contribution in [2.24, 2.45) is 5.73 Å². The number of carbonyl (C=O) groups is 3. The van der Waals surface area contributed by atoms with Crippen molar-refractivity contribution in [2.45, 2.75) is 6.42 Å². The largest absolute Gasteiger partial charge is 0.481 e. The van der Waals surface area contributed by atoms with Crippen LogP contribution in [0.5, 0.6) is 0 Å². The van der Waals surface area contributed by atoms with E-state index in [0.717, 1.165) is 0 Å². The van der Waals surface area contributed by atoms with Gasteiger partial charge in [0.25, 0.3) is 5.91 Å². The molecule has 140 valence electrons. The third-order valence-electron chi connectivity index (χ3n) is 3.91. The summed E-state index contributed by atoms with van der Waals surface area (Å²) in [6, 6.07) is 6.11. The van der Waals surface area contributed by atoms with Crippen molar-refractivity contribution in [1.82, 2.24) is 15.1 Å². The standard InChI is InChI=1S/C16H22N6O4/c17-15(18)21-6-8-22(9-7-21)16(26)20-12-3-1-2-11(10-12)14(25)19-5-4-13(23)24/h1-3,10H,4-9H2,(H3,17,18)(H,19,25)(H,20,26)(H,23,24). The van der Waals surface area contributed by atoms with E-state index < -0.39 is 11.9 Å². The Morgan fingerprint density at radius 1 is 1.15 bits per heavy atom. The highest BCUT2D eigenvalue weighted by Gasteiger charge is 2.21. The zero-order valence-corrected chi connectivity index (χ0v) is 14.2. The molecule has 0 radical (unpaired) electrons. The van der Waals surface area contributed by atoms with Crippen LogP contribution in [0, 0.1) is 5.41 Å². The van der Waals surface area contributed by atoms with Gasteiger partial charge in [0.15, 0.2) is 5.96 Å². The lowest BCUT2D eigenvalue weighted by Crippen LogP contribution is -2.53. The third kappa shape index (κ3) is 5.36. The second-order valence-corrected chi connectivity index (χ2v) is 5.77. The van der Waals surface area contributed by atoms with Crippen molar-refractivity contribution in [1.29, 1.82) is 5.41 Å². The Bertz CT molecular complexity index is 700. The highest BCUT2D eigenvalue weighted by molar-refractivity contribution is 5.97. The van der Waals surface area contributed by atoms with Crippen LogP contribution in [-0.4, -0.2) is 71.5 Å². The van der Waals surface area contributed by atoms with Gasteiger partial charge in [-0.3, -0.25) is 15.0 Å². The highest BCUT2D eigenvalue weighted by Crippen LogP contribution is 2.12. The number of rotatable bonds is 5. The molecule has 0 aliphatic carbocycles. The number of guanidine groups is 1. The fourth-order valence-electron chi connectivity index (χ4n) is 2.48. The summed E-state index contributed by atoms with van der Waals surface area (Å²) in [6.07, 6.45) is -0.158. The van der Waals surface area contributed by atoms with Gasteiger partial charge in [-0.25, -0.2) is 4.79 Å². The van der Waals surface area contributed by atoms with Crippen LogP contribution >= 0.6 is 0 Å². The molecule has 0 saturated carbocycles. The van der Waals surface area contributed by atoms with Gasteiger partial charge in [-0.2, -0.15) is 0 Å². The summed E-state index contributed by atoms with van der Waals surface area (Å²) in [6.45, 7) is 1.91. The molecular formula is C16H22N6O4. The van der Waals surface area contributed by atoms with Crippen LogP contribution in [0.2, 0.25) is 0 Å². The molecule has 3 amide bonds. The monoisotopic (exact) mass is 362 g/mol. The van der Waals surface area contributed by atoms with Crippen molar-refractivity contribution in [3.8, 4) is 0 Å². The third-order valence-corrected chi connectivity index (χ3v) is 3.91. The first-order chi connectivity index (χ1) is 12.4. The first-order valence-corrected chi connectivity index (χ1v) is 8.12. The molecule has 0 unspecified atom stereocenters. The molecule has 0 atom stereocenters. The summed E-state index contributed by atoms with van der Waals surface area (Å²) in [5.74, 6) is -1.40. The normalized spacial score (nSPS) is 13.8. The van der Waals surface area contributed by atoms with Crippen LogP contribution in [0.25, 0.3) is 0 Å². The number of urea groups is 1. The molecule has 1 fully saturated rings. The number of nitrogens with zero attached hydrogens (tertiary/aromatic N) is 2. The van der Waals surface area contributed by atoms with E-state index in [9.17, 15) is 14.4 Å². The van der Waals surface area contributed by atoms with Crippen LogP contribution in [-0.2, 0) is 4.79 Å². The Morgan fingerprint density at radius 2 is 1.81 bits per heavy atom. The number of aliphatic carboxylic acids is 1. The van der Waals surface area contributed by atoms with Crippen LogP contribution in [0.15, 0.2) is 24.3 Å². The number of piperazine rings is 1. The van der Waals surface area contributed by atoms with Crippen molar-refractivity contribution >= 4 is 29.6 Å². The minimum atomic E-state index is -0.990. The predicted molar refractivity (Wildman–Crippen MR) is 95.1 cm³/mol. The van der Waals surface area contributed by atoms with Crippen LogP contribution in [0.4, 0.5) is 10.5 Å². The number of amides is 3. The molecule has 1 aliphatic rings. The van der Waals surface area contributed by atoms with Crippen LogP contribution in [0.1, 0.15) is 16.8 Å². The number of nitrogens with two attached hydrogens (primary N) is 1. The molecule has 6 N–H and O–H groups in total. The molecule has 0 aromatic heterocycles. The fourth-order valence-corrected chi connectivity index (χ4v) is 2.48. The zero-order chi connectivity index (χ0) is 19.1. The Balaban J connectivity index is 1.89. The number of anilines is 1. The van der Waals surface area contributed by atoms with Gasteiger partial charge in [-0.15, -0.1) is 0 Å². The Morgan fingerprint density at radius 3 is 2.42 bits per heavy atom. The molecule has 10 nitrogen and oxygen atoms in total. The molecule has 1 saturated heterocycles. The number of nitrogens with one attached hydrogen (secondary N) is 3. The average Bonchev–Trinajstić information content (AvgIpc) is 2.61. The van der Waals surface area contributed by atoms with E-state index in [2.05, 4.69) is 10.6 Å². The molecule has 26 heavy (non-hydrogen) atoms. The molecule has 1 aromatic carbocycles. The first kappa shape index (κ1) is 19.0. The van der Waals surface area contributed by atoms with E-state index in [1.54, 1.807) is 28.0 Å². The zero-order valence-electron chi connectivity index (χ0n) is 14.2. The summed E-state index contributed by atoms with van der Waals surface area (Å²) in [5, 5.41) is 21.2. The number of carbonyl (C=O) groups excluding carboxylic acids is 2. The maximum atomic E-state index is 12.3. The van der Waals surface area contributed by atoms with Gasteiger partial charge < -0.3 is 31.3 Å². The van der Waals surface area contributed by atoms with E-state index in [-0.39, 0.29) is 25.0 Å². The summed E-state index contributed by atoms with van der Waals surface area (Å²) >= 11 is 0. The Hall–Kier alpha value is -3.30. The average molecular weight is 362 g/mol. The van der Waals surface area contributed by atoms with E-state index in [4.69, 9.17) is 16.2 Å². The fraction of sp³-hybridized carbons (Fsp3) is 0.375. The van der Waals surface area contributed by atoms with Gasteiger partial charge in [0.2, 0.25) is 0 Å². The van der Waals surface area contributed by atoms with Crippen molar-refractivity contribution < 1.29 is 19.5 Å². The van der Waals surface area contributed by atoms with Gasteiger partial charge in [0.1, 0.15) is 0 Å². The van der Waals surface area contributed by atoms with E-state index >= 15 is 0 Å². The Kier molecular flexibility index (Phi) is 6.36. The molecule has 0 spiro atoms. The van der Waals surface area contributed by atoms with Crippen molar-refractivity contribution in [2.75, 3.05) is 38.0 Å². The molecule has 0 bridgehead atoms. The predicted octanol–water partition coefficient (Wildman–Crippen LogP) is -0.0659. The van der Waals surface area contributed by atoms with E-state index in [0.29, 0.717) is 37.4 Å². The maximum Gasteiger partial charge on any atom is 0.321 e. The summed E-state index contributed by atoms with van der Waals surface area (Å²) in [4.78, 5) is 38.1. The molecule has 1 aromatic rings. The van der Waals surface area contributed by atoms with E-state index in [1.807, 2.05) is 0 Å². The van der Waals surface area contributed by atoms with Gasteiger partial charge in [0.05, 0.1) is 6.42 Å². The lowest BCUT2D eigenvalue weighted by molar-refractivity contribution is -0.136. The van der Waals surface area contributed by atoms with Crippen LogP contribution in [0.3, 0.4) is 0 Å². The van der Waals surface area contributed by atoms with Crippen LogP contribution < -0.4 is 16.4 Å². The number of carboxylic acid groups (broad SMARTS) is 1. The highest BCUT2D eigenvalue weighted by atomic mass is 16.4.